The number of aliphatic carboxylic acids is 1. The number of nitrogens with zero attached hydrogens (tertiary/aromatic N) is 1. The molecular formula is C13H18N2O4. The number of fused-ring (bicyclic) bond motifs is 1. The molecule has 0 spiro atoms. The van der Waals surface area contributed by atoms with Gasteiger partial charge in [0.2, 0.25) is 0 Å². The summed E-state index contributed by atoms with van der Waals surface area (Å²) in [5.74, 6) is -1.02. The highest BCUT2D eigenvalue weighted by atomic mass is 16.6. The first kappa shape index (κ1) is 13.5. The van der Waals surface area contributed by atoms with E-state index in [0.29, 0.717) is 6.42 Å². The molecule has 1 aromatic heterocycles. The maximum atomic E-state index is 12.1. The lowest BCUT2D eigenvalue weighted by Gasteiger charge is -2.34. The molecule has 0 radical (unpaired) electrons. The predicted octanol–water partition coefficient (Wildman–Crippen LogP) is 1.76. The van der Waals surface area contributed by atoms with Crippen molar-refractivity contribution in [2.24, 2.45) is 0 Å². The lowest BCUT2D eigenvalue weighted by atomic mass is 10.00. The van der Waals surface area contributed by atoms with Crippen LogP contribution < -0.4 is 0 Å². The second-order valence-corrected chi connectivity index (χ2v) is 5.65. The summed E-state index contributed by atoms with van der Waals surface area (Å²) in [6.07, 6.45) is 1.45. The summed E-state index contributed by atoms with van der Waals surface area (Å²) in [5.41, 5.74) is 1.16. The van der Waals surface area contributed by atoms with Gasteiger partial charge >= 0.3 is 12.1 Å². The Labute approximate surface area is 111 Å². The molecule has 2 N–H and O–H groups in total. The summed E-state index contributed by atoms with van der Waals surface area (Å²) in [6.45, 7) is 5.49. The molecule has 0 unspecified atom stereocenters. The van der Waals surface area contributed by atoms with Crippen LogP contribution in [0.15, 0.2) is 12.3 Å². The van der Waals surface area contributed by atoms with Crippen LogP contribution in [0.3, 0.4) is 0 Å². The second-order valence-electron chi connectivity index (χ2n) is 5.65. The highest BCUT2D eigenvalue weighted by molar-refractivity contribution is 5.81. The van der Waals surface area contributed by atoms with Crippen LogP contribution in [-0.2, 0) is 22.5 Å². The third kappa shape index (κ3) is 2.89. The fraction of sp³-hybridized carbons (Fsp3) is 0.538. The molecule has 0 saturated carbocycles. The number of carbonyl (C=O) groups excluding carboxylic acids is 1. The van der Waals surface area contributed by atoms with Gasteiger partial charge in [0, 0.05) is 18.3 Å². The maximum absolute atomic E-state index is 12.1. The molecule has 0 fully saturated rings. The van der Waals surface area contributed by atoms with Crippen LogP contribution in [0.1, 0.15) is 32.0 Å². The highest BCUT2D eigenvalue weighted by Crippen LogP contribution is 2.24. The smallest absolute Gasteiger partial charge is 0.411 e. The molecule has 104 valence electrons. The number of H-pyrrole nitrogens is 1. The van der Waals surface area contributed by atoms with Crippen molar-refractivity contribution in [1.29, 1.82) is 0 Å². The van der Waals surface area contributed by atoms with E-state index in [4.69, 9.17) is 4.74 Å². The van der Waals surface area contributed by atoms with Crippen molar-refractivity contribution in [3.63, 3.8) is 0 Å². The number of carbonyl (C=O) groups is 2. The summed E-state index contributed by atoms with van der Waals surface area (Å²) >= 11 is 0. The summed E-state index contributed by atoms with van der Waals surface area (Å²) in [6, 6.07) is 0.968. The molecule has 1 atom stereocenters. The number of hydrogen-bond acceptors (Lipinski definition) is 3. The number of hydrogen-bond donors (Lipinski definition) is 2. The molecule has 0 saturated heterocycles. The normalized spacial score (nSPS) is 18.9. The van der Waals surface area contributed by atoms with Crippen molar-refractivity contribution in [3.8, 4) is 0 Å². The van der Waals surface area contributed by atoms with E-state index in [2.05, 4.69) is 4.98 Å². The number of aromatic nitrogens is 1. The lowest BCUT2D eigenvalue weighted by Crippen LogP contribution is -2.50. The molecule has 2 heterocycles. The van der Waals surface area contributed by atoms with E-state index in [1.807, 2.05) is 6.07 Å². The Morgan fingerprint density at radius 3 is 2.74 bits per heavy atom. The summed E-state index contributed by atoms with van der Waals surface area (Å²) in [5, 5.41) is 9.26. The SMILES string of the molecule is CC(C)(C)OC(=O)N1Cc2[nH]ccc2C[C@H]1C(=O)O. The molecule has 1 amide bonds. The zero-order valence-corrected chi connectivity index (χ0v) is 11.3. The first-order chi connectivity index (χ1) is 8.78. The van der Waals surface area contributed by atoms with Gasteiger partial charge in [-0.1, -0.05) is 0 Å². The second kappa shape index (κ2) is 4.60. The third-order valence-corrected chi connectivity index (χ3v) is 2.96. The van der Waals surface area contributed by atoms with Gasteiger partial charge in [-0.3, -0.25) is 4.90 Å². The van der Waals surface area contributed by atoms with Crippen LogP contribution in [-0.4, -0.2) is 38.7 Å². The minimum atomic E-state index is -1.02. The monoisotopic (exact) mass is 266 g/mol. The van der Waals surface area contributed by atoms with E-state index >= 15 is 0 Å². The highest BCUT2D eigenvalue weighted by Gasteiger charge is 2.37. The molecule has 0 aliphatic carbocycles. The molecule has 2 rings (SSSR count). The van der Waals surface area contributed by atoms with Gasteiger partial charge in [0.1, 0.15) is 11.6 Å². The van der Waals surface area contributed by atoms with Crippen LogP contribution in [0.2, 0.25) is 0 Å². The Kier molecular flexibility index (Phi) is 3.26. The number of carboxylic acid groups (broad SMARTS) is 1. The van der Waals surface area contributed by atoms with E-state index in [-0.39, 0.29) is 6.54 Å². The molecule has 6 nitrogen and oxygen atoms in total. The minimum absolute atomic E-state index is 0.230. The predicted molar refractivity (Wildman–Crippen MR) is 67.7 cm³/mol. The number of nitrogens with one attached hydrogen (secondary N) is 1. The number of carboxylic acids is 1. The Balaban J connectivity index is 2.22. The van der Waals surface area contributed by atoms with Gasteiger partial charge in [0.25, 0.3) is 0 Å². The van der Waals surface area contributed by atoms with E-state index in [1.54, 1.807) is 27.0 Å². The van der Waals surface area contributed by atoms with Crippen molar-refractivity contribution in [2.75, 3.05) is 0 Å². The number of rotatable bonds is 1. The number of ether oxygens (including phenoxy) is 1. The summed E-state index contributed by atoms with van der Waals surface area (Å²) in [7, 11) is 0. The molecule has 0 aromatic carbocycles. The van der Waals surface area contributed by atoms with E-state index in [1.165, 1.54) is 4.90 Å². The van der Waals surface area contributed by atoms with Gasteiger partial charge in [-0.25, -0.2) is 9.59 Å². The zero-order chi connectivity index (χ0) is 14.2. The average Bonchev–Trinajstić information content (AvgIpc) is 2.71. The Morgan fingerprint density at radius 2 is 2.16 bits per heavy atom. The number of amides is 1. The van der Waals surface area contributed by atoms with Gasteiger partial charge in [0.05, 0.1) is 6.54 Å². The molecule has 1 aliphatic heterocycles. The van der Waals surface area contributed by atoms with E-state index < -0.39 is 23.7 Å². The molecular weight excluding hydrogens is 248 g/mol. The molecule has 1 aliphatic rings. The standard InChI is InChI=1S/C13H18N2O4/c1-13(2,3)19-12(18)15-7-9-8(4-5-14-9)6-10(15)11(16)17/h4-5,10,14H,6-7H2,1-3H3,(H,16,17)/t10-/m0/s1. The van der Waals surface area contributed by atoms with Crippen LogP contribution in [0.5, 0.6) is 0 Å². The van der Waals surface area contributed by atoms with Crippen molar-refractivity contribution in [3.05, 3.63) is 23.5 Å². The van der Waals surface area contributed by atoms with Crippen LogP contribution in [0.4, 0.5) is 4.79 Å². The van der Waals surface area contributed by atoms with Crippen LogP contribution in [0, 0.1) is 0 Å². The summed E-state index contributed by atoms with van der Waals surface area (Å²) < 4.78 is 5.26. The van der Waals surface area contributed by atoms with Gasteiger partial charge in [-0.05, 0) is 32.4 Å². The Hall–Kier alpha value is -1.98. The average molecular weight is 266 g/mol. The van der Waals surface area contributed by atoms with Gasteiger partial charge in [-0.2, -0.15) is 0 Å². The first-order valence-electron chi connectivity index (χ1n) is 6.15. The molecule has 6 heteroatoms. The third-order valence-electron chi connectivity index (χ3n) is 2.96. The fourth-order valence-electron chi connectivity index (χ4n) is 2.11. The van der Waals surface area contributed by atoms with Crippen molar-refractivity contribution in [1.82, 2.24) is 9.88 Å². The quantitative estimate of drug-likeness (QED) is 0.811. The van der Waals surface area contributed by atoms with Gasteiger partial charge in [-0.15, -0.1) is 0 Å². The van der Waals surface area contributed by atoms with E-state index in [0.717, 1.165) is 11.3 Å². The largest absolute Gasteiger partial charge is 0.480 e. The van der Waals surface area contributed by atoms with E-state index in [9.17, 15) is 14.7 Å². The number of aromatic amines is 1. The Morgan fingerprint density at radius 1 is 1.47 bits per heavy atom. The van der Waals surface area contributed by atoms with Crippen LogP contribution in [0.25, 0.3) is 0 Å². The topological polar surface area (TPSA) is 82.6 Å². The van der Waals surface area contributed by atoms with Gasteiger partial charge in [0.15, 0.2) is 0 Å². The van der Waals surface area contributed by atoms with Crippen molar-refractivity contribution < 1.29 is 19.4 Å². The summed E-state index contributed by atoms with van der Waals surface area (Å²) in [4.78, 5) is 27.7. The van der Waals surface area contributed by atoms with Crippen molar-refractivity contribution in [2.45, 2.75) is 45.4 Å². The molecule has 1 aromatic rings. The van der Waals surface area contributed by atoms with Gasteiger partial charge < -0.3 is 14.8 Å². The van der Waals surface area contributed by atoms with Crippen LogP contribution >= 0.6 is 0 Å². The zero-order valence-electron chi connectivity index (χ0n) is 11.3. The fourth-order valence-corrected chi connectivity index (χ4v) is 2.11. The minimum Gasteiger partial charge on any atom is -0.480 e. The first-order valence-corrected chi connectivity index (χ1v) is 6.15. The molecule has 19 heavy (non-hydrogen) atoms. The Bertz CT molecular complexity index is 501. The lowest BCUT2D eigenvalue weighted by molar-refractivity contribution is -0.143. The van der Waals surface area contributed by atoms with Crippen molar-refractivity contribution >= 4 is 12.1 Å². The molecule has 0 bridgehead atoms. The maximum Gasteiger partial charge on any atom is 0.411 e.